The number of nitrogens with one attached hydrogen (secondary N) is 1. The van der Waals surface area contributed by atoms with Crippen LogP contribution in [0.25, 0.3) is 0 Å². The van der Waals surface area contributed by atoms with E-state index in [0.717, 1.165) is 32.1 Å². The Hall–Kier alpha value is -0.880. The number of hydrogen-bond donors (Lipinski definition) is 1. The fourth-order valence-electron chi connectivity index (χ4n) is 4.67. The standard InChI is InChI=1S/C21H25FN2O4.4H2S/c22-15-11-24(18-16(25)12-28-19(15)18)21(27)17(13-7-3-1-4-8-13)23-20(26)14-9-5-2-6-10-14;;;;/h2,5-6,9-10,13,15,17-19H,1,3-4,7-8,11-12H2,(H,23,26);4*1H2/t15-,17-,18+,19+;;;;/m0..../s1. The third kappa shape index (κ3) is 6.37. The van der Waals surface area contributed by atoms with Gasteiger partial charge in [-0.2, -0.15) is 54.0 Å². The van der Waals surface area contributed by atoms with Gasteiger partial charge in [-0.05, 0) is 30.9 Å². The number of ketones is 1. The van der Waals surface area contributed by atoms with Crippen molar-refractivity contribution < 1.29 is 23.5 Å². The number of fused-ring (bicyclic) bond motifs is 1. The van der Waals surface area contributed by atoms with Crippen molar-refractivity contribution in [3.05, 3.63) is 35.9 Å². The highest BCUT2D eigenvalue weighted by atomic mass is 32.1. The van der Waals surface area contributed by atoms with Crippen LogP contribution in [-0.2, 0) is 14.3 Å². The number of carbonyl (C=O) groups excluding carboxylic acids is 3. The van der Waals surface area contributed by atoms with E-state index in [2.05, 4.69) is 5.32 Å². The van der Waals surface area contributed by atoms with Gasteiger partial charge in [-0.1, -0.05) is 37.5 Å². The number of Topliss-reactive ketones (excluding diaryl/α,β-unsaturated/α-hetero) is 1. The van der Waals surface area contributed by atoms with Crippen LogP contribution < -0.4 is 5.32 Å². The van der Waals surface area contributed by atoms with Crippen molar-refractivity contribution in [3.8, 4) is 0 Å². The van der Waals surface area contributed by atoms with E-state index < -0.39 is 24.4 Å². The Morgan fingerprint density at radius 3 is 2.28 bits per heavy atom. The highest BCUT2D eigenvalue weighted by molar-refractivity contribution is 7.59. The lowest BCUT2D eigenvalue weighted by atomic mass is 9.83. The van der Waals surface area contributed by atoms with Crippen molar-refractivity contribution >= 4 is 71.6 Å². The van der Waals surface area contributed by atoms with Crippen LogP contribution in [0.15, 0.2) is 30.3 Å². The average molecular weight is 525 g/mol. The molecule has 1 aromatic carbocycles. The molecule has 2 heterocycles. The second kappa shape index (κ2) is 13.7. The SMILES string of the molecule is O=C(N[C@H](C(=O)N1C[C@H](F)[C@H]2OCC(=O)[C@H]21)C1CCCCC1)c1ccccc1.S.S.S.S. The van der Waals surface area contributed by atoms with Crippen molar-refractivity contribution in [3.63, 3.8) is 0 Å². The third-order valence-electron chi connectivity index (χ3n) is 6.12. The van der Waals surface area contributed by atoms with E-state index in [-0.39, 0.29) is 90.6 Å². The molecule has 11 heteroatoms. The molecule has 4 atom stereocenters. The lowest BCUT2D eigenvalue weighted by Crippen LogP contribution is -2.55. The number of hydrogen-bond acceptors (Lipinski definition) is 4. The number of likely N-dealkylation sites (tertiary alicyclic amines) is 1. The van der Waals surface area contributed by atoms with Gasteiger partial charge in [0.15, 0.2) is 5.78 Å². The van der Waals surface area contributed by atoms with Crippen molar-refractivity contribution in [1.82, 2.24) is 10.2 Å². The Bertz CT molecular complexity index is 767. The van der Waals surface area contributed by atoms with Gasteiger partial charge in [0.1, 0.15) is 31.0 Å². The minimum absolute atomic E-state index is 0. The summed E-state index contributed by atoms with van der Waals surface area (Å²) < 4.78 is 19.6. The molecule has 3 aliphatic rings. The van der Waals surface area contributed by atoms with Crippen molar-refractivity contribution in [2.75, 3.05) is 13.2 Å². The van der Waals surface area contributed by atoms with Gasteiger partial charge >= 0.3 is 0 Å². The van der Waals surface area contributed by atoms with E-state index in [9.17, 15) is 18.8 Å². The number of amides is 2. The maximum absolute atomic E-state index is 14.3. The molecule has 6 nitrogen and oxygen atoms in total. The molecular weight excluding hydrogens is 492 g/mol. The summed E-state index contributed by atoms with van der Waals surface area (Å²) in [6, 6.07) is 7.09. The Kier molecular flexibility index (Phi) is 13.4. The van der Waals surface area contributed by atoms with Gasteiger partial charge in [-0.3, -0.25) is 14.4 Å². The average Bonchev–Trinajstić information content (AvgIpc) is 3.27. The molecule has 0 bridgehead atoms. The normalized spacial score (nSPS) is 25.2. The maximum atomic E-state index is 14.3. The highest BCUT2D eigenvalue weighted by Crippen LogP contribution is 2.33. The van der Waals surface area contributed by atoms with E-state index >= 15 is 0 Å². The summed E-state index contributed by atoms with van der Waals surface area (Å²) in [5.74, 6) is -0.977. The van der Waals surface area contributed by atoms with Crippen LogP contribution in [-0.4, -0.2) is 60.0 Å². The zero-order valence-electron chi connectivity index (χ0n) is 17.7. The Labute approximate surface area is 216 Å². The van der Waals surface area contributed by atoms with Crippen LogP contribution in [0.5, 0.6) is 0 Å². The molecule has 1 aromatic rings. The Morgan fingerprint density at radius 1 is 1.03 bits per heavy atom. The first-order chi connectivity index (χ1) is 13.6. The molecule has 2 amide bonds. The molecule has 0 spiro atoms. The summed E-state index contributed by atoms with van der Waals surface area (Å²) in [5, 5.41) is 2.88. The van der Waals surface area contributed by atoms with Gasteiger partial charge in [0.25, 0.3) is 5.91 Å². The van der Waals surface area contributed by atoms with Crippen LogP contribution in [0, 0.1) is 5.92 Å². The molecule has 32 heavy (non-hydrogen) atoms. The summed E-state index contributed by atoms with van der Waals surface area (Å²) in [6.45, 7) is -0.325. The number of rotatable bonds is 4. The molecule has 4 rings (SSSR count). The predicted molar refractivity (Wildman–Crippen MR) is 141 cm³/mol. The molecule has 3 fully saturated rings. The topological polar surface area (TPSA) is 75.7 Å². The summed E-state index contributed by atoms with van der Waals surface area (Å²) in [7, 11) is 0. The minimum Gasteiger partial charge on any atom is -0.365 e. The third-order valence-corrected chi connectivity index (χ3v) is 6.12. The first-order valence-corrected chi connectivity index (χ1v) is 10.0. The van der Waals surface area contributed by atoms with Gasteiger partial charge in [0.2, 0.25) is 5.91 Å². The van der Waals surface area contributed by atoms with Crippen LogP contribution in [0.3, 0.4) is 0 Å². The molecule has 0 radical (unpaired) electrons. The van der Waals surface area contributed by atoms with Crippen molar-refractivity contribution in [2.24, 2.45) is 5.92 Å². The second-order valence-electron chi connectivity index (χ2n) is 7.91. The van der Waals surface area contributed by atoms with Gasteiger partial charge in [-0.15, -0.1) is 0 Å². The zero-order valence-corrected chi connectivity index (χ0v) is 21.7. The maximum Gasteiger partial charge on any atom is 0.251 e. The molecule has 0 aromatic heterocycles. The summed E-state index contributed by atoms with van der Waals surface area (Å²) in [5.41, 5.74) is 0.471. The summed E-state index contributed by atoms with van der Waals surface area (Å²) >= 11 is 0. The Balaban J connectivity index is 0.00000240. The van der Waals surface area contributed by atoms with Crippen LogP contribution >= 0.6 is 54.0 Å². The number of nitrogens with zero attached hydrogens (tertiary/aromatic N) is 1. The molecule has 1 N–H and O–H groups in total. The lowest BCUT2D eigenvalue weighted by Gasteiger charge is -2.34. The number of benzene rings is 1. The first kappa shape index (κ1) is 31.1. The number of ether oxygens (including phenoxy) is 1. The smallest absolute Gasteiger partial charge is 0.251 e. The number of carbonyl (C=O) groups is 3. The molecule has 1 aliphatic carbocycles. The van der Waals surface area contributed by atoms with Crippen molar-refractivity contribution in [1.29, 1.82) is 0 Å². The first-order valence-electron chi connectivity index (χ1n) is 10.0. The van der Waals surface area contributed by atoms with Crippen LogP contribution in [0.1, 0.15) is 42.5 Å². The van der Waals surface area contributed by atoms with E-state index in [1.54, 1.807) is 24.3 Å². The Morgan fingerprint density at radius 2 is 1.66 bits per heavy atom. The number of alkyl halides is 1. The molecule has 2 aliphatic heterocycles. The van der Waals surface area contributed by atoms with E-state index in [0.29, 0.717) is 5.56 Å². The van der Waals surface area contributed by atoms with Gasteiger partial charge in [0, 0.05) is 5.56 Å². The molecule has 0 unspecified atom stereocenters. The van der Waals surface area contributed by atoms with Crippen LogP contribution in [0.4, 0.5) is 4.39 Å². The van der Waals surface area contributed by atoms with Gasteiger partial charge in [0.05, 0.1) is 6.54 Å². The van der Waals surface area contributed by atoms with Crippen LogP contribution in [0.2, 0.25) is 0 Å². The highest BCUT2D eigenvalue weighted by Gasteiger charge is 2.54. The number of halogens is 1. The fourth-order valence-corrected chi connectivity index (χ4v) is 4.67. The van der Waals surface area contributed by atoms with Gasteiger partial charge in [-0.25, -0.2) is 4.39 Å². The second-order valence-corrected chi connectivity index (χ2v) is 7.91. The fraction of sp³-hybridized carbons (Fsp3) is 0.571. The predicted octanol–water partition coefficient (Wildman–Crippen LogP) is 2.33. The summed E-state index contributed by atoms with van der Waals surface area (Å²) in [6.07, 6.45) is 2.50. The molecular formula is C21H33FN2O4S4. The summed E-state index contributed by atoms with van der Waals surface area (Å²) in [4.78, 5) is 39.6. The van der Waals surface area contributed by atoms with Gasteiger partial charge < -0.3 is 15.0 Å². The molecule has 2 saturated heterocycles. The minimum atomic E-state index is -1.38. The molecule has 182 valence electrons. The quantitative estimate of drug-likeness (QED) is 0.656. The van der Waals surface area contributed by atoms with E-state index in [1.807, 2.05) is 6.07 Å². The lowest BCUT2D eigenvalue weighted by molar-refractivity contribution is -0.139. The molecule has 1 saturated carbocycles. The van der Waals surface area contributed by atoms with Crippen molar-refractivity contribution in [2.45, 2.75) is 56.5 Å². The van der Waals surface area contributed by atoms with E-state index in [4.69, 9.17) is 4.74 Å². The zero-order chi connectivity index (χ0) is 19.7. The monoisotopic (exact) mass is 524 g/mol. The van der Waals surface area contributed by atoms with E-state index in [1.165, 1.54) is 4.90 Å². The largest absolute Gasteiger partial charge is 0.365 e.